The molecule has 3 atom stereocenters. The smallest absolute Gasteiger partial charge is 0.334 e. The van der Waals surface area contributed by atoms with E-state index in [4.69, 9.17) is 14.2 Å². The molecule has 2 aliphatic rings. The van der Waals surface area contributed by atoms with Gasteiger partial charge in [0.25, 0.3) is 0 Å². The van der Waals surface area contributed by atoms with Gasteiger partial charge in [0.2, 0.25) is 0 Å². The van der Waals surface area contributed by atoms with Gasteiger partial charge in [-0.1, -0.05) is 18.7 Å². The zero-order chi connectivity index (χ0) is 21.6. The van der Waals surface area contributed by atoms with E-state index < -0.39 is 36.0 Å². The van der Waals surface area contributed by atoms with Crippen LogP contribution in [-0.2, 0) is 33.4 Å². The first-order chi connectivity index (χ1) is 13.8. The Balaban J connectivity index is 2.43. The van der Waals surface area contributed by atoms with Crippen molar-refractivity contribution in [3.05, 3.63) is 47.1 Å². The number of fused-ring (bicyclic) bond motifs is 1. The molecule has 0 bridgehead atoms. The third-order valence-electron chi connectivity index (χ3n) is 5.00. The fraction of sp³-hybridized carbons (Fsp3) is 0.455. The normalized spacial score (nSPS) is 28.8. The van der Waals surface area contributed by atoms with Gasteiger partial charge in [0.15, 0.2) is 0 Å². The first-order valence-corrected chi connectivity index (χ1v) is 9.47. The van der Waals surface area contributed by atoms with Gasteiger partial charge in [-0.2, -0.15) is 0 Å². The Bertz CT molecular complexity index is 800. The van der Waals surface area contributed by atoms with Crippen LogP contribution in [0.3, 0.4) is 0 Å². The second-order valence-corrected chi connectivity index (χ2v) is 7.08. The van der Waals surface area contributed by atoms with Gasteiger partial charge in [-0.15, -0.1) is 0 Å². The lowest BCUT2D eigenvalue weighted by Gasteiger charge is -2.27. The lowest BCUT2D eigenvalue weighted by Crippen LogP contribution is -2.34. The summed E-state index contributed by atoms with van der Waals surface area (Å²) >= 11 is 0. The van der Waals surface area contributed by atoms with E-state index in [9.17, 15) is 19.2 Å². The molecule has 2 rings (SSSR count). The molecule has 0 saturated carbocycles. The molecule has 0 aromatic carbocycles. The highest BCUT2D eigenvalue weighted by Gasteiger charge is 2.44. The Kier molecular flexibility index (Phi) is 7.70. The molecule has 1 fully saturated rings. The summed E-state index contributed by atoms with van der Waals surface area (Å²) in [7, 11) is 0. The third kappa shape index (κ3) is 5.76. The highest BCUT2D eigenvalue weighted by molar-refractivity contribution is 5.92. The molecule has 156 valence electrons. The first-order valence-electron chi connectivity index (χ1n) is 9.47. The zero-order valence-corrected chi connectivity index (χ0v) is 16.9. The number of rotatable bonds is 5. The maximum absolute atomic E-state index is 12.4. The number of aldehydes is 1. The number of hydrogen-bond donors (Lipinski definition) is 0. The second kappa shape index (κ2) is 10.0. The maximum atomic E-state index is 12.4. The van der Waals surface area contributed by atoms with Crippen LogP contribution in [0.2, 0.25) is 0 Å². The Morgan fingerprint density at radius 3 is 2.69 bits per heavy atom. The molecule has 1 saturated heterocycles. The lowest BCUT2D eigenvalue weighted by atomic mass is 9.85. The number of carbonyl (C=O) groups is 4. The summed E-state index contributed by atoms with van der Waals surface area (Å²) in [5, 5.41) is 0. The molecule has 0 aromatic heterocycles. The van der Waals surface area contributed by atoms with Crippen LogP contribution >= 0.6 is 0 Å². The van der Waals surface area contributed by atoms with Crippen molar-refractivity contribution in [1.29, 1.82) is 0 Å². The average Bonchev–Trinajstić information content (AvgIpc) is 2.96. The van der Waals surface area contributed by atoms with Crippen molar-refractivity contribution in [2.45, 2.75) is 52.2 Å². The average molecular weight is 402 g/mol. The van der Waals surface area contributed by atoms with E-state index in [1.165, 1.54) is 6.92 Å². The van der Waals surface area contributed by atoms with Crippen molar-refractivity contribution in [1.82, 2.24) is 0 Å². The minimum atomic E-state index is -0.804. The summed E-state index contributed by atoms with van der Waals surface area (Å²) < 4.78 is 16.2. The van der Waals surface area contributed by atoms with Crippen LogP contribution in [0, 0.1) is 5.92 Å². The van der Waals surface area contributed by atoms with Crippen molar-refractivity contribution in [3.63, 3.8) is 0 Å². The fourth-order valence-corrected chi connectivity index (χ4v) is 3.26. The van der Waals surface area contributed by atoms with E-state index in [1.54, 1.807) is 32.1 Å². The third-order valence-corrected chi connectivity index (χ3v) is 5.00. The summed E-state index contributed by atoms with van der Waals surface area (Å²) in [6.07, 6.45) is 5.51. The number of hydrogen-bond acceptors (Lipinski definition) is 7. The number of allylic oxidation sites excluding steroid dienone is 2. The molecule has 0 spiro atoms. The standard InChI is InChI=1S/C22H26O7/c1-5-13(2)21(25)28-18-9-16(11-23)7-6-8-17(12-27-15(4)24)10-19-20(18)14(3)22(26)29-19/h5,7,10-11,18-20H,3,6,8-9,12H2,1-2,4H3/b13-5-,16-7+,17-10+/t18-,19-,20-/m1/s1. The highest BCUT2D eigenvalue weighted by atomic mass is 16.6. The van der Waals surface area contributed by atoms with Gasteiger partial charge in [0.05, 0.1) is 5.92 Å². The van der Waals surface area contributed by atoms with Gasteiger partial charge in [0.1, 0.15) is 25.1 Å². The van der Waals surface area contributed by atoms with Crippen LogP contribution in [0.25, 0.3) is 0 Å². The minimum absolute atomic E-state index is 0.0506. The van der Waals surface area contributed by atoms with E-state index >= 15 is 0 Å². The van der Waals surface area contributed by atoms with E-state index in [0.717, 1.165) is 11.9 Å². The SMILES string of the molecule is C=C1C(=O)O[C@@H]2/C=C(/COC(C)=O)CC/C=C(/C=O)C[C@@H](OC(=O)/C(C)=C\C)[C@@H]12. The van der Waals surface area contributed by atoms with Crippen molar-refractivity contribution >= 4 is 24.2 Å². The van der Waals surface area contributed by atoms with Crippen molar-refractivity contribution < 1.29 is 33.4 Å². The molecule has 0 radical (unpaired) electrons. The number of ether oxygens (including phenoxy) is 3. The minimum Gasteiger partial charge on any atom is -0.461 e. The van der Waals surface area contributed by atoms with Crippen LogP contribution in [0.15, 0.2) is 47.1 Å². The van der Waals surface area contributed by atoms with E-state index in [0.29, 0.717) is 24.0 Å². The van der Waals surface area contributed by atoms with Crippen LogP contribution in [0.1, 0.15) is 40.0 Å². The fourth-order valence-electron chi connectivity index (χ4n) is 3.26. The Hall–Kier alpha value is -2.96. The van der Waals surface area contributed by atoms with Crippen LogP contribution in [-0.4, -0.2) is 43.0 Å². The van der Waals surface area contributed by atoms with Crippen LogP contribution in [0.5, 0.6) is 0 Å². The largest absolute Gasteiger partial charge is 0.461 e. The summed E-state index contributed by atoms with van der Waals surface area (Å²) in [6.45, 7) is 8.52. The molecule has 29 heavy (non-hydrogen) atoms. The first kappa shape index (κ1) is 22.3. The molecule has 7 nitrogen and oxygen atoms in total. The Morgan fingerprint density at radius 1 is 1.34 bits per heavy atom. The molecule has 7 heteroatoms. The molecular formula is C22H26O7. The quantitative estimate of drug-likeness (QED) is 0.229. The summed E-state index contributed by atoms with van der Waals surface area (Å²) in [6, 6.07) is 0. The lowest BCUT2D eigenvalue weighted by molar-refractivity contribution is -0.147. The van der Waals surface area contributed by atoms with Gasteiger partial charge in [0, 0.05) is 24.5 Å². The highest BCUT2D eigenvalue weighted by Crippen LogP contribution is 2.36. The number of esters is 3. The molecule has 1 aliphatic heterocycles. The van der Waals surface area contributed by atoms with Crippen molar-refractivity contribution in [2.24, 2.45) is 5.92 Å². The summed E-state index contributed by atoms with van der Waals surface area (Å²) in [4.78, 5) is 47.3. The van der Waals surface area contributed by atoms with E-state index in [2.05, 4.69) is 6.58 Å². The molecule has 0 N–H and O–H groups in total. The van der Waals surface area contributed by atoms with Gasteiger partial charge < -0.3 is 14.2 Å². The van der Waals surface area contributed by atoms with Gasteiger partial charge in [-0.3, -0.25) is 9.59 Å². The van der Waals surface area contributed by atoms with E-state index in [-0.39, 0.29) is 18.6 Å². The monoisotopic (exact) mass is 402 g/mol. The predicted octanol–water partition coefficient (Wildman–Crippen LogP) is 2.76. The Labute approximate surface area is 170 Å². The molecular weight excluding hydrogens is 376 g/mol. The van der Waals surface area contributed by atoms with Gasteiger partial charge in [-0.05, 0) is 43.9 Å². The van der Waals surface area contributed by atoms with E-state index in [1.807, 2.05) is 0 Å². The molecule has 1 heterocycles. The zero-order valence-electron chi connectivity index (χ0n) is 16.9. The summed E-state index contributed by atoms with van der Waals surface area (Å²) in [5.74, 6) is -2.19. The summed E-state index contributed by atoms with van der Waals surface area (Å²) in [5.41, 5.74) is 1.80. The number of carbonyl (C=O) groups excluding carboxylic acids is 4. The van der Waals surface area contributed by atoms with Crippen LogP contribution < -0.4 is 0 Å². The topological polar surface area (TPSA) is 96.0 Å². The molecule has 1 aliphatic carbocycles. The predicted molar refractivity (Wildman–Crippen MR) is 105 cm³/mol. The van der Waals surface area contributed by atoms with Crippen molar-refractivity contribution in [2.75, 3.05) is 6.61 Å². The Morgan fingerprint density at radius 2 is 2.07 bits per heavy atom. The van der Waals surface area contributed by atoms with Crippen LogP contribution in [0.4, 0.5) is 0 Å². The molecule has 0 aromatic rings. The van der Waals surface area contributed by atoms with Crippen molar-refractivity contribution in [3.8, 4) is 0 Å². The van der Waals surface area contributed by atoms with Gasteiger partial charge in [-0.25, -0.2) is 9.59 Å². The molecule has 0 amide bonds. The molecule has 0 unspecified atom stereocenters. The van der Waals surface area contributed by atoms with Gasteiger partial charge >= 0.3 is 17.9 Å². The maximum Gasteiger partial charge on any atom is 0.334 e. The second-order valence-electron chi connectivity index (χ2n) is 7.08.